The quantitative estimate of drug-likeness (QED) is 0.242. The minimum atomic E-state index is -0.563. The Hall–Kier alpha value is -3.64. The number of anilines is 1. The Kier molecular flexibility index (Phi) is 8.44. The predicted octanol–water partition coefficient (Wildman–Crippen LogP) is 3.53. The van der Waals surface area contributed by atoms with Crippen molar-refractivity contribution in [1.82, 2.24) is 20.1 Å². The number of nitro benzene ring substituents is 1. The van der Waals surface area contributed by atoms with Gasteiger partial charge in [-0.05, 0) is 31.2 Å². The molecule has 13 heteroatoms. The van der Waals surface area contributed by atoms with Crippen LogP contribution in [0.1, 0.15) is 23.1 Å². The predicted molar refractivity (Wildman–Crippen MR) is 127 cm³/mol. The van der Waals surface area contributed by atoms with Crippen LogP contribution in [0.25, 0.3) is 0 Å². The van der Waals surface area contributed by atoms with Gasteiger partial charge in [0.2, 0.25) is 5.91 Å². The Bertz CT molecular complexity index is 1220. The third-order valence-electron chi connectivity index (χ3n) is 4.60. The van der Waals surface area contributed by atoms with E-state index in [0.717, 1.165) is 0 Å². The van der Waals surface area contributed by atoms with Crippen LogP contribution in [-0.2, 0) is 17.9 Å². The smallest absolute Gasteiger partial charge is 0.270 e. The van der Waals surface area contributed by atoms with Crippen molar-refractivity contribution in [3.63, 3.8) is 0 Å². The van der Waals surface area contributed by atoms with E-state index in [1.54, 1.807) is 22.8 Å². The Balaban J connectivity index is 1.60. The topological polar surface area (TPSA) is 141 Å². The second-order valence-corrected chi connectivity index (χ2v) is 8.19. The van der Waals surface area contributed by atoms with E-state index in [-0.39, 0.29) is 29.5 Å². The average molecular weight is 505 g/mol. The van der Waals surface area contributed by atoms with Crippen LogP contribution in [0.15, 0.2) is 47.6 Å². The van der Waals surface area contributed by atoms with Crippen molar-refractivity contribution in [1.29, 1.82) is 0 Å². The molecule has 3 rings (SSSR count). The lowest BCUT2D eigenvalue weighted by Gasteiger charge is -2.11. The largest absolute Gasteiger partial charge is 0.495 e. The van der Waals surface area contributed by atoms with Gasteiger partial charge in [0.25, 0.3) is 11.6 Å². The number of aromatic nitrogens is 3. The summed E-state index contributed by atoms with van der Waals surface area (Å²) in [4.78, 5) is 35.2. The molecule has 0 saturated carbocycles. The number of benzene rings is 2. The first-order valence-corrected chi connectivity index (χ1v) is 11.4. The van der Waals surface area contributed by atoms with Crippen LogP contribution in [0.5, 0.6) is 5.75 Å². The van der Waals surface area contributed by atoms with Crippen LogP contribution in [0, 0.1) is 10.1 Å². The maximum Gasteiger partial charge on any atom is 0.270 e. The number of rotatable bonds is 10. The second kappa shape index (κ2) is 11.5. The van der Waals surface area contributed by atoms with Crippen LogP contribution >= 0.6 is 23.4 Å². The monoisotopic (exact) mass is 504 g/mol. The number of hydrogen-bond acceptors (Lipinski definition) is 8. The zero-order valence-corrected chi connectivity index (χ0v) is 19.9. The van der Waals surface area contributed by atoms with Gasteiger partial charge in [-0.2, -0.15) is 0 Å². The molecule has 0 unspecified atom stereocenters. The van der Waals surface area contributed by atoms with E-state index in [0.29, 0.717) is 34.0 Å². The van der Waals surface area contributed by atoms with Crippen LogP contribution in [0.2, 0.25) is 5.02 Å². The van der Waals surface area contributed by atoms with Crippen LogP contribution < -0.4 is 15.4 Å². The summed E-state index contributed by atoms with van der Waals surface area (Å²) in [7, 11) is 1.50. The zero-order valence-electron chi connectivity index (χ0n) is 18.3. The molecule has 0 atom stereocenters. The van der Waals surface area contributed by atoms with Gasteiger partial charge in [0.15, 0.2) is 11.0 Å². The fraction of sp³-hybridized carbons (Fsp3) is 0.238. The Labute approximate surface area is 204 Å². The lowest BCUT2D eigenvalue weighted by molar-refractivity contribution is -0.384. The van der Waals surface area contributed by atoms with Crippen LogP contribution in [-0.4, -0.2) is 44.4 Å². The van der Waals surface area contributed by atoms with E-state index in [1.807, 2.05) is 6.92 Å². The maximum atomic E-state index is 12.4. The van der Waals surface area contributed by atoms with Crippen molar-refractivity contribution in [3.05, 3.63) is 69.0 Å². The zero-order chi connectivity index (χ0) is 24.7. The molecule has 11 nitrogen and oxygen atoms in total. The van der Waals surface area contributed by atoms with E-state index in [9.17, 15) is 19.7 Å². The van der Waals surface area contributed by atoms with Gasteiger partial charge in [-0.3, -0.25) is 19.7 Å². The number of non-ortho nitro benzene ring substituents is 1. The SMILES string of the molecule is CCn1c(CNC(=O)c2cccc([N+](=O)[O-])c2)nnc1SCC(=O)Nc1cc(Cl)ccc1OC. The number of thioether (sulfide) groups is 1. The summed E-state index contributed by atoms with van der Waals surface area (Å²) < 4.78 is 7.00. The van der Waals surface area contributed by atoms with Crippen molar-refractivity contribution in [2.45, 2.75) is 25.2 Å². The Morgan fingerprint density at radius 3 is 2.74 bits per heavy atom. The van der Waals surface area contributed by atoms with E-state index in [2.05, 4.69) is 20.8 Å². The number of carbonyl (C=O) groups is 2. The molecule has 3 aromatic rings. The second-order valence-electron chi connectivity index (χ2n) is 6.81. The highest BCUT2D eigenvalue weighted by Crippen LogP contribution is 2.28. The standard InChI is InChI=1S/C21H21ClN6O5S/c1-3-27-18(11-23-20(30)13-5-4-6-15(9-13)28(31)32)25-26-21(27)34-12-19(29)24-16-10-14(22)7-8-17(16)33-2/h4-10H,3,11-12H2,1-2H3,(H,23,30)(H,24,29). The molecule has 0 spiro atoms. The van der Waals surface area contributed by atoms with Crippen LogP contribution in [0.3, 0.4) is 0 Å². The number of nitro groups is 1. The number of hydrogen-bond donors (Lipinski definition) is 2. The minimum Gasteiger partial charge on any atom is -0.495 e. The Morgan fingerprint density at radius 1 is 1.24 bits per heavy atom. The average Bonchev–Trinajstić information content (AvgIpc) is 3.23. The summed E-state index contributed by atoms with van der Waals surface area (Å²) in [5.41, 5.74) is 0.457. The molecular weight excluding hydrogens is 484 g/mol. The van der Waals surface area contributed by atoms with Gasteiger partial charge in [-0.25, -0.2) is 0 Å². The molecule has 0 saturated heterocycles. The number of nitrogens with one attached hydrogen (secondary N) is 2. The summed E-state index contributed by atoms with van der Waals surface area (Å²) >= 11 is 7.18. The van der Waals surface area contributed by atoms with Crippen molar-refractivity contribution < 1.29 is 19.2 Å². The molecule has 2 amide bonds. The number of halogens is 1. The number of methoxy groups -OCH3 is 1. The molecule has 0 aliphatic carbocycles. The van der Waals surface area contributed by atoms with E-state index in [1.165, 1.54) is 43.1 Å². The summed E-state index contributed by atoms with van der Waals surface area (Å²) in [6.07, 6.45) is 0. The molecule has 0 aliphatic heterocycles. The maximum absolute atomic E-state index is 12.4. The van der Waals surface area contributed by atoms with Gasteiger partial charge in [-0.1, -0.05) is 29.4 Å². The summed E-state index contributed by atoms with van der Waals surface area (Å²) in [6.45, 7) is 2.46. The molecule has 2 N–H and O–H groups in total. The first-order chi connectivity index (χ1) is 16.3. The molecule has 1 heterocycles. The van der Waals surface area contributed by atoms with Gasteiger partial charge in [0.1, 0.15) is 5.75 Å². The first-order valence-electron chi connectivity index (χ1n) is 10.0. The van der Waals surface area contributed by atoms with Gasteiger partial charge in [0.05, 0.1) is 30.0 Å². The number of nitrogens with zero attached hydrogens (tertiary/aromatic N) is 4. The van der Waals surface area contributed by atoms with Crippen LogP contribution in [0.4, 0.5) is 11.4 Å². The van der Waals surface area contributed by atoms with Gasteiger partial charge in [-0.15, -0.1) is 10.2 Å². The third kappa shape index (κ3) is 6.23. The highest BCUT2D eigenvalue weighted by atomic mass is 35.5. The van der Waals surface area contributed by atoms with Crippen molar-refractivity contribution in [2.24, 2.45) is 0 Å². The van der Waals surface area contributed by atoms with Gasteiger partial charge >= 0.3 is 0 Å². The van der Waals surface area contributed by atoms with Gasteiger partial charge < -0.3 is 19.9 Å². The van der Waals surface area contributed by atoms with Crippen molar-refractivity contribution in [2.75, 3.05) is 18.2 Å². The lowest BCUT2D eigenvalue weighted by Crippen LogP contribution is -2.25. The normalized spacial score (nSPS) is 10.6. The fourth-order valence-electron chi connectivity index (χ4n) is 2.99. The summed E-state index contributed by atoms with van der Waals surface area (Å²) in [5.74, 6) is 0.283. The van der Waals surface area contributed by atoms with E-state index >= 15 is 0 Å². The molecule has 0 aliphatic rings. The molecular formula is C21H21ClN6O5S. The minimum absolute atomic E-state index is 0.0633. The number of ether oxygens (including phenoxy) is 1. The van der Waals surface area contributed by atoms with E-state index < -0.39 is 10.8 Å². The molecule has 34 heavy (non-hydrogen) atoms. The Morgan fingerprint density at radius 2 is 2.03 bits per heavy atom. The van der Waals surface area contributed by atoms with Crippen molar-refractivity contribution >= 4 is 46.6 Å². The first kappa shape index (κ1) is 25.0. The number of amides is 2. The molecule has 1 aromatic heterocycles. The highest BCUT2D eigenvalue weighted by molar-refractivity contribution is 7.99. The van der Waals surface area contributed by atoms with E-state index in [4.69, 9.17) is 16.3 Å². The molecule has 0 bridgehead atoms. The highest BCUT2D eigenvalue weighted by Gasteiger charge is 2.16. The van der Waals surface area contributed by atoms with Crippen molar-refractivity contribution in [3.8, 4) is 5.75 Å². The fourth-order valence-corrected chi connectivity index (χ4v) is 3.98. The third-order valence-corrected chi connectivity index (χ3v) is 5.81. The molecule has 2 aromatic carbocycles. The molecule has 178 valence electrons. The number of carbonyl (C=O) groups excluding carboxylic acids is 2. The molecule has 0 radical (unpaired) electrons. The summed E-state index contributed by atoms with van der Waals surface area (Å²) in [6, 6.07) is 10.4. The summed E-state index contributed by atoms with van der Waals surface area (Å²) in [5, 5.41) is 25.5. The lowest BCUT2D eigenvalue weighted by atomic mass is 10.2. The van der Waals surface area contributed by atoms with Gasteiger partial charge in [0, 0.05) is 29.3 Å². The molecule has 0 fully saturated rings.